The number of fused-ring (bicyclic) bond motifs is 1. The number of hydrogen-bond acceptors (Lipinski definition) is 10. The molecule has 1 unspecified atom stereocenters. The van der Waals surface area contributed by atoms with Gasteiger partial charge >= 0.3 is 6.18 Å². The first-order valence-corrected chi connectivity index (χ1v) is 22.9. The highest BCUT2D eigenvalue weighted by Crippen LogP contribution is 2.53. The minimum absolute atomic E-state index is 0.0139. The average molecular weight is 847 g/mol. The molecule has 2 aliphatic carbocycles. The Morgan fingerprint density at radius 3 is 2.09 bits per heavy atom. The zero-order valence-electron chi connectivity index (χ0n) is 32.3. The third-order valence-electron chi connectivity index (χ3n) is 11.0. The first-order valence-electron chi connectivity index (χ1n) is 19.0. The number of nitrogens with zero attached hydrogens (tertiary/aromatic N) is 4. The number of ether oxygens (including phenoxy) is 1. The van der Waals surface area contributed by atoms with E-state index in [1.54, 1.807) is 0 Å². The molecule has 1 aromatic carbocycles. The normalized spacial score (nSPS) is 21.2. The summed E-state index contributed by atoms with van der Waals surface area (Å²) in [4.78, 5) is 15.9. The Kier molecular flexibility index (Phi) is 12.3. The highest BCUT2D eigenvalue weighted by Gasteiger charge is 2.45. The molecule has 3 aliphatic rings. The molecule has 0 N–H and O–H groups in total. The van der Waals surface area contributed by atoms with Crippen LogP contribution < -0.4 is 9.64 Å². The molecule has 3 heterocycles. The van der Waals surface area contributed by atoms with Gasteiger partial charge in [0.25, 0.3) is 10.1 Å². The van der Waals surface area contributed by atoms with Gasteiger partial charge in [-0.05, 0) is 79.5 Å². The van der Waals surface area contributed by atoms with Gasteiger partial charge in [0.15, 0.2) is 11.9 Å². The van der Waals surface area contributed by atoms with Gasteiger partial charge in [0.2, 0.25) is 11.9 Å². The maximum absolute atomic E-state index is 17.5. The lowest BCUT2D eigenvalue weighted by Gasteiger charge is -2.42. The van der Waals surface area contributed by atoms with Crippen molar-refractivity contribution in [3.63, 3.8) is 0 Å². The molecule has 3 aromatic rings. The Hall–Kier alpha value is -3.51. The standard InChI is InChI=1S/C39H48F6N4O6S2/c1-37(2)20-29-32(30(21-37)55-57(4,52)53)31(24-10-14-38(41,42)15-11-24)33(34(40)25-6-8-27(9-7-25)39(43,44)45)35(48-29)26-12-16-49(17-13-26)36-46-22-28(23-47-36)54-18-5-19-56(3,50)51/h6-9,22-24,26,30,34H,5,10-21H2,1-4H3/t30-,34?/m0/s1. The number of benzene rings is 1. The summed E-state index contributed by atoms with van der Waals surface area (Å²) in [5, 5.41) is 0. The molecular weight excluding hydrogens is 799 g/mol. The van der Waals surface area contributed by atoms with E-state index < -0.39 is 74.1 Å². The second-order valence-corrected chi connectivity index (χ2v) is 20.3. The van der Waals surface area contributed by atoms with Crippen LogP contribution >= 0.6 is 0 Å². The molecule has 0 radical (unpaired) electrons. The van der Waals surface area contributed by atoms with E-state index in [4.69, 9.17) is 13.9 Å². The van der Waals surface area contributed by atoms with E-state index in [1.165, 1.54) is 12.4 Å². The van der Waals surface area contributed by atoms with Crippen molar-refractivity contribution >= 4 is 25.9 Å². The van der Waals surface area contributed by atoms with E-state index in [2.05, 4.69) is 9.97 Å². The maximum Gasteiger partial charge on any atom is 0.416 e. The van der Waals surface area contributed by atoms with E-state index in [0.717, 1.165) is 36.8 Å². The van der Waals surface area contributed by atoms with Crippen LogP contribution in [0.1, 0.15) is 129 Å². The monoisotopic (exact) mass is 846 g/mol. The SMILES string of the molecule is CC1(C)Cc2nc(C3CCN(c4ncc(OCCCS(C)(=O)=O)cn4)CC3)c(C(F)c3ccc(C(F)(F)F)cc3)c(C3CCC(F)(F)CC3)c2[C@@H](OS(C)(=O)=O)C1. The third kappa shape index (κ3) is 10.8. The van der Waals surface area contributed by atoms with Crippen LogP contribution in [0, 0.1) is 5.41 Å². The van der Waals surface area contributed by atoms with E-state index in [9.17, 15) is 38.8 Å². The molecule has 2 fully saturated rings. The minimum atomic E-state index is -4.66. The summed E-state index contributed by atoms with van der Waals surface area (Å²) in [6.45, 7) is 4.89. The lowest BCUT2D eigenvalue weighted by Crippen LogP contribution is -2.36. The first kappa shape index (κ1) is 43.1. The molecule has 10 nitrogen and oxygen atoms in total. The number of aromatic nitrogens is 3. The van der Waals surface area contributed by atoms with E-state index in [1.807, 2.05) is 18.7 Å². The number of rotatable bonds is 12. The lowest BCUT2D eigenvalue weighted by atomic mass is 9.68. The topological polar surface area (TPSA) is 129 Å². The molecule has 0 spiro atoms. The number of sulfone groups is 1. The van der Waals surface area contributed by atoms with Crippen LogP contribution in [-0.2, 0) is 36.7 Å². The zero-order valence-corrected chi connectivity index (χ0v) is 33.9. The van der Waals surface area contributed by atoms with Gasteiger partial charge in [-0.2, -0.15) is 21.6 Å². The summed E-state index contributed by atoms with van der Waals surface area (Å²) in [6, 6.07) is 3.75. The number of halogens is 6. The summed E-state index contributed by atoms with van der Waals surface area (Å²) in [7, 11) is -7.18. The average Bonchev–Trinajstić information content (AvgIpc) is 3.11. The molecule has 0 bridgehead atoms. The van der Waals surface area contributed by atoms with Crippen molar-refractivity contribution in [3.8, 4) is 5.75 Å². The van der Waals surface area contributed by atoms with Gasteiger partial charge in [0.1, 0.15) is 15.9 Å². The highest BCUT2D eigenvalue weighted by atomic mass is 32.2. The maximum atomic E-state index is 17.5. The summed E-state index contributed by atoms with van der Waals surface area (Å²) < 4.78 is 147. The predicted octanol–water partition coefficient (Wildman–Crippen LogP) is 8.43. The Morgan fingerprint density at radius 2 is 1.53 bits per heavy atom. The zero-order chi connectivity index (χ0) is 41.6. The van der Waals surface area contributed by atoms with Crippen molar-refractivity contribution in [2.45, 2.75) is 108 Å². The van der Waals surface area contributed by atoms with Crippen LogP contribution in [0.5, 0.6) is 5.75 Å². The second-order valence-electron chi connectivity index (χ2n) is 16.4. The third-order valence-corrected chi connectivity index (χ3v) is 12.6. The fourth-order valence-corrected chi connectivity index (χ4v) is 9.61. The predicted molar refractivity (Wildman–Crippen MR) is 202 cm³/mol. The minimum Gasteiger partial charge on any atom is -0.490 e. The number of hydrogen-bond donors (Lipinski definition) is 0. The van der Waals surface area contributed by atoms with Gasteiger partial charge in [-0.25, -0.2) is 31.6 Å². The molecule has 18 heteroatoms. The van der Waals surface area contributed by atoms with Crippen LogP contribution in [0.4, 0.5) is 32.3 Å². The van der Waals surface area contributed by atoms with Crippen molar-refractivity contribution in [2.75, 3.05) is 42.9 Å². The van der Waals surface area contributed by atoms with Crippen molar-refractivity contribution in [1.82, 2.24) is 15.0 Å². The Morgan fingerprint density at radius 1 is 0.912 bits per heavy atom. The van der Waals surface area contributed by atoms with E-state index in [-0.39, 0.29) is 48.7 Å². The fraction of sp³-hybridized carbons (Fsp3) is 0.615. The molecule has 1 saturated carbocycles. The number of anilines is 1. The van der Waals surface area contributed by atoms with Crippen LogP contribution in [-0.4, -0.2) is 75.7 Å². The largest absolute Gasteiger partial charge is 0.490 e. The molecule has 57 heavy (non-hydrogen) atoms. The molecule has 0 amide bonds. The quantitative estimate of drug-likeness (QED) is 0.0996. The van der Waals surface area contributed by atoms with Crippen LogP contribution in [0.2, 0.25) is 0 Å². The summed E-state index contributed by atoms with van der Waals surface area (Å²) in [6.07, 6.45) is -1.87. The van der Waals surface area contributed by atoms with Gasteiger partial charge in [-0.1, -0.05) is 26.0 Å². The van der Waals surface area contributed by atoms with Gasteiger partial charge < -0.3 is 9.64 Å². The van der Waals surface area contributed by atoms with Gasteiger partial charge in [0.05, 0.1) is 42.3 Å². The smallest absolute Gasteiger partial charge is 0.416 e. The van der Waals surface area contributed by atoms with Crippen molar-refractivity contribution in [1.29, 1.82) is 0 Å². The molecule has 2 aromatic heterocycles. The molecule has 1 aliphatic heterocycles. The highest BCUT2D eigenvalue weighted by molar-refractivity contribution is 7.90. The van der Waals surface area contributed by atoms with Gasteiger partial charge in [-0.3, -0.25) is 9.17 Å². The van der Waals surface area contributed by atoms with Crippen molar-refractivity contribution in [3.05, 3.63) is 75.9 Å². The van der Waals surface area contributed by atoms with E-state index >= 15 is 4.39 Å². The lowest BCUT2D eigenvalue weighted by molar-refractivity contribution is -0.137. The van der Waals surface area contributed by atoms with E-state index in [0.29, 0.717) is 73.0 Å². The Bertz CT molecular complexity index is 2120. The number of pyridine rings is 1. The fourth-order valence-electron chi connectivity index (χ4n) is 8.39. The summed E-state index contributed by atoms with van der Waals surface area (Å²) in [5.41, 5.74) is 0.172. The van der Waals surface area contributed by atoms with Crippen molar-refractivity contribution in [2.24, 2.45) is 5.41 Å². The van der Waals surface area contributed by atoms with Crippen molar-refractivity contribution < 1.29 is 52.1 Å². The summed E-state index contributed by atoms with van der Waals surface area (Å²) in [5.74, 6) is -3.14. The Balaban J connectivity index is 1.40. The van der Waals surface area contributed by atoms with Gasteiger partial charge in [-0.15, -0.1) is 0 Å². The molecule has 6 rings (SSSR count). The molecule has 1 saturated heterocycles. The van der Waals surface area contributed by atoms with Crippen LogP contribution in [0.3, 0.4) is 0 Å². The summed E-state index contributed by atoms with van der Waals surface area (Å²) >= 11 is 0. The second kappa shape index (κ2) is 16.3. The Labute approximate surface area is 329 Å². The molecule has 314 valence electrons. The van der Waals surface area contributed by atoms with Gasteiger partial charge in [0, 0.05) is 54.9 Å². The molecular formula is C39H48F6N4O6S2. The number of piperidine rings is 1. The van der Waals surface area contributed by atoms with Crippen LogP contribution in [0.25, 0.3) is 0 Å². The number of alkyl halides is 6. The van der Waals surface area contributed by atoms with Crippen LogP contribution in [0.15, 0.2) is 36.7 Å². The first-order chi connectivity index (χ1) is 26.5. The molecule has 2 atom stereocenters.